The largest absolute Gasteiger partial charge is 0.457 e. The molecular formula is C27H17BrN2O4S. The highest BCUT2D eigenvalue weighted by atomic mass is 79.9. The van der Waals surface area contributed by atoms with Gasteiger partial charge in [-0.3, -0.25) is 19.8 Å². The summed E-state index contributed by atoms with van der Waals surface area (Å²) in [5.41, 5.74) is 1.29. The van der Waals surface area contributed by atoms with Gasteiger partial charge in [-0.2, -0.15) is 0 Å². The van der Waals surface area contributed by atoms with E-state index in [-0.39, 0.29) is 10.7 Å². The van der Waals surface area contributed by atoms with Crippen molar-refractivity contribution in [2.75, 3.05) is 4.90 Å². The molecule has 1 aromatic heterocycles. The average Bonchev–Trinajstić information content (AvgIpc) is 3.32. The number of rotatable bonds is 5. The van der Waals surface area contributed by atoms with E-state index in [1.165, 1.54) is 11.0 Å². The molecule has 5 rings (SSSR count). The number of nitrogens with zero attached hydrogens (tertiary/aromatic N) is 1. The standard InChI is InChI=1S/C27H17BrN2O4S/c28-18-8-6-17(7-9-18)24-15-14-22(34-24)16-23-25(31)29-27(35)30(26(23)32)19-10-12-21(13-11-19)33-20-4-2-1-3-5-20/h1-16H,(H,29,31,35). The molecule has 2 heterocycles. The molecule has 1 aliphatic rings. The van der Waals surface area contributed by atoms with Gasteiger partial charge in [0.1, 0.15) is 28.6 Å². The van der Waals surface area contributed by atoms with Crippen molar-refractivity contribution < 1.29 is 18.7 Å². The molecule has 0 aliphatic carbocycles. The Labute approximate surface area is 214 Å². The lowest BCUT2D eigenvalue weighted by Gasteiger charge is -2.28. The van der Waals surface area contributed by atoms with E-state index >= 15 is 0 Å². The summed E-state index contributed by atoms with van der Waals surface area (Å²) in [6.45, 7) is 0. The quantitative estimate of drug-likeness (QED) is 0.180. The Balaban J connectivity index is 1.38. The fourth-order valence-corrected chi connectivity index (χ4v) is 4.07. The van der Waals surface area contributed by atoms with Crippen LogP contribution in [0.5, 0.6) is 11.5 Å². The number of halogens is 1. The lowest BCUT2D eigenvalue weighted by Crippen LogP contribution is -2.54. The van der Waals surface area contributed by atoms with Crippen molar-refractivity contribution in [2.24, 2.45) is 0 Å². The minimum Gasteiger partial charge on any atom is -0.457 e. The summed E-state index contributed by atoms with van der Waals surface area (Å²) in [4.78, 5) is 27.1. The van der Waals surface area contributed by atoms with E-state index in [0.29, 0.717) is 28.7 Å². The third kappa shape index (κ3) is 4.94. The molecule has 0 spiro atoms. The van der Waals surface area contributed by atoms with Gasteiger partial charge in [-0.25, -0.2) is 0 Å². The maximum absolute atomic E-state index is 13.3. The Bertz CT molecular complexity index is 1440. The number of benzene rings is 3. The summed E-state index contributed by atoms with van der Waals surface area (Å²) in [5.74, 6) is 1.17. The molecule has 1 fully saturated rings. The Hall–Kier alpha value is -4.01. The van der Waals surface area contributed by atoms with E-state index in [0.717, 1.165) is 10.0 Å². The second kappa shape index (κ2) is 9.69. The molecular weight excluding hydrogens is 528 g/mol. The number of anilines is 1. The molecule has 3 aromatic carbocycles. The first-order valence-corrected chi connectivity index (χ1v) is 11.8. The topological polar surface area (TPSA) is 71.8 Å². The van der Waals surface area contributed by atoms with Crippen molar-refractivity contribution in [3.8, 4) is 22.8 Å². The number of carbonyl (C=O) groups is 2. The zero-order valence-electron chi connectivity index (χ0n) is 18.1. The van der Waals surface area contributed by atoms with Crippen molar-refractivity contribution in [1.82, 2.24) is 5.32 Å². The average molecular weight is 545 g/mol. The van der Waals surface area contributed by atoms with Gasteiger partial charge in [-0.15, -0.1) is 0 Å². The van der Waals surface area contributed by atoms with Crippen molar-refractivity contribution in [1.29, 1.82) is 0 Å². The second-order valence-electron chi connectivity index (χ2n) is 7.58. The van der Waals surface area contributed by atoms with Crippen LogP contribution in [0.4, 0.5) is 5.69 Å². The maximum Gasteiger partial charge on any atom is 0.270 e. The monoisotopic (exact) mass is 544 g/mol. The zero-order valence-corrected chi connectivity index (χ0v) is 20.5. The fourth-order valence-electron chi connectivity index (χ4n) is 3.52. The molecule has 1 aliphatic heterocycles. The third-order valence-electron chi connectivity index (χ3n) is 5.22. The number of hydrogen-bond donors (Lipinski definition) is 1. The first-order valence-electron chi connectivity index (χ1n) is 10.6. The van der Waals surface area contributed by atoms with Gasteiger partial charge in [0.25, 0.3) is 11.8 Å². The first kappa shape index (κ1) is 22.8. The van der Waals surface area contributed by atoms with E-state index in [1.807, 2.05) is 54.6 Å². The Kier molecular flexibility index (Phi) is 6.31. The number of carbonyl (C=O) groups excluding carboxylic acids is 2. The number of ether oxygens (including phenoxy) is 1. The summed E-state index contributed by atoms with van der Waals surface area (Å²) < 4.78 is 12.6. The minimum absolute atomic E-state index is 0.00359. The van der Waals surface area contributed by atoms with Crippen molar-refractivity contribution >= 4 is 56.8 Å². The highest BCUT2D eigenvalue weighted by molar-refractivity contribution is 9.10. The van der Waals surface area contributed by atoms with Crippen LogP contribution in [0.25, 0.3) is 17.4 Å². The van der Waals surface area contributed by atoms with Crippen LogP contribution in [0.15, 0.2) is 105 Å². The Morgan fingerprint density at radius 3 is 2.26 bits per heavy atom. The van der Waals surface area contributed by atoms with E-state index in [1.54, 1.807) is 36.4 Å². The van der Waals surface area contributed by atoms with Gasteiger partial charge in [0, 0.05) is 10.0 Å². The molecule has 4 aromatic rings. The van der Waals surface area contributed by atoms with Crippen LogP contribution < -0.4 is 15.0 Å². The van der Waals surface area contributed by atoms with Gasteiger partial charge >= 0.3 is 0 Å². The van der Waals surface area contributed by atoms with Crippen LogP contribution in [0.3, 0.4) is 0 Å². The predicted molar refractivity (Wildman–Crippen MR) is 141 cm³/mol. The Morgan fingerprint density at radius 2 is 1.54 bits per heavy atom. The van der Waals surface area contributed by atoms with Crippen LogP contribution in [-0.4, -0.2) is 16.9 Å². The molecule has 0 unspecified atom stereocenters. The number of para-hydroxylation sites is 1. The van der Waals surface area contributed by atoms with E-state index in [9.17, 15) is 9.59 Å². The van der Waals surface area contributed by atoms with Gasteiger partial charge < -0.3 is 9.15 Å². The molecule has 35 heavy (non-hydrogen) atoms. The predicted octanol–water partition coefficient (Wildman–Crippen LogP) is 6.33. The molecule has 0 radical (unpaired) electrons. The lowest BCUT2D eigenvalue weighted by atomic mass is 10.1. The molecule has 0 saturated carbocycles. The molecule has 0 atom stereocenters. The molecule has 6 nitrogen and oxygen atoms in total. The summed E-state index contributed by atoms with van der Waals surface area (Å²) >= 11 is 8.69. The zero-order chi connectivity index (χ0) is 24.4. The summed E-state index contributed by atoms with van der Waals surface area (Å²) in [6.07, 6.45) is 1.42. The highest BCUT2D eigenvalue weighted by Gasteiger charge is 2.34. The minimum atomic E-state index is -0.582. The second-order valence-corrected chi connectivity index (χ2v) is 8.88. The number of furan rings is 1. The third-order valence-corrected chi connectivity index (χ3v) is 6.03. The number of thiocarbonyl (C=S) groups is 1. The summed E-state index contributed by atoms with van der Waals surface area (Å²) in [5, 5.41) is 2.58. The SMILES string of the molecule is O=C1NC(=S)N(c2ccc(Oc3ccccc3)cc2)C(=O)C1=Cc1ccc(-c2ccc(Br)cc2)o1. The molecule has 8 heteroatoms. The van der Waals surface area contributed by atoms with Gasteiger partial charge in [-0.05, 0) is 79.0 Å². The number of amides is 2. The number of hydrogen-bond acceptors (Lipinski definition) is 5. The van der Waals surface area contributed by atoms with E-state index < -0.39 is 11.8 Å². The normalized spacial score (nSPS) is 14.8. The van der Waals surface area contributed by atoms with Crippen LogP contribution in [-0.2, 0) is 9.59 Å². The van der Waals surface area contributed by atoms with Crippen LogP contribution in [0.2, 0.25) is 0 Å². The molecule has 1 saturated heterocycles. The van der Waals surface area contributed by atoms with Gasteiger partial charge in [0.2, 0.25) is 0 Å². The van der Waals surface area contributed by atoms with Gasteiger partial charge in [-0.1, -0.05) is 46.3 Å². The van der Waals surface area contributed by atoms with Crippen LogP contribution in [0, 0.1) is 0 Å². The maximum atomic E-state index is 13.3. The van der Waals surface area contributed by atoms with Gasteiger partial charge in [0.15, 0.2) is 5.11 Å². The molecule has 172 valence electrons. The van der Waals surface area contributed by atoms with Crippen LogP contribution in [0.1, 0.15) is 5.76 Å². The van der Waals surface area contributed by atoms with E-state index in [4.69, 9.17) is 21.4 Å². The molecule has 1 N–H and O–H groups in total. The van der Waals surface area contributed by atoms with Crippen molar-refractivity contribution in [2.45, 2.75) is 0 Å². The van der Waals surface area contributed by atoms with Crippen molar-refractivity contribution in [3.63, 3.8) is 0 Å². The number of nitrogens with one attached hydrogen (secondary N) is 1. The van der Waals surface area contributed by atoms with Gasteiger partial charge in [0.05, 0.1) is 5.69 Å². The fraction of sp³-hybridized carbons (Fsp3) is 0. The summed E-state index contributed by atoms with van der Waals surface area (Å²) in [7, 11) is 0. The Morgan fingerprint density at radius 1 is 0.857 bits per heavy atom. The van der Waals surface area contributed by atoms with E-state index in [2.05, 4.69) is 21.2 Å². The van der Waals surface area contributed by atoms with Crippen LogP contribution >= 0.6 is 28.1 Å². The smallest absolute Gasteiger partial charge is 0.270 e. The molecule has 0 bridgehead atoms. The first-order chi connectivity index (χ1) is 17.0. The highest BCUT2D eigenvalue weighted by Crippen LogP contribution is 2.28. The summed E-state index contributed by atoms with van der Waals surface area (Å²) in [6, 6.07) is 27.4. The lowest BCUT2D eigenvalue weighted by molar-refractivity contribution is -0.122. The molecule has 2 amide bonds. The van der Waals surface area contributed by atoms with Crippen molar-refractivity contribution in [3.05, 3.63) is 107 Å².